The lowest BCUT2D eigenvalue weighted by atomic mass is 10.1. The second-order valence-corrected chi connectivity index (χ2v) is 9.65. The Morgan fingerprint density at radius 3 is 2.52 bits per heavy atom. The zero-order valence-corrected chi connectivity index (χ0v) is 19.5. The van der Waals surface area contributed by atoms with Gasteiger partial charge in [0, 0.05) is 54.3 Å². The van der Waals surface area contributed by atoms with E-state index >= 15 is 0 Å². The summed E-state index contributed by atoms with van der Waals surface area (Å²) in [5.74, 6) is 1.84. The fraction of sp³-hybridized carbons (Fsp3) is 0.333. The van der Waals surface area contributed by atoms with Crippen molar-refractivity contribution in [1.82, 2.24) is 9.88 Å². The standard InChI is InChI=1S/C24H27N3O2S2/c1-18-16-30-24(25-18)31-17-19-4-6-20(7-5-19)23(28)27-13-3-12-26(14-15-27)21-8-10-22(29-2)11-9-21/h4-11,16H,3,12-15,17H2,1-2H3. The van der Waals surface area contributed by atoms with Crippen molar-refractivity contribution in [3.05, 3.63) is 70.7 Å². The van der Waals surface area contributed by atoms with Crippen LogP contribution in [-0.4, -0.2) is 49.1 Å². The highest BCUT2D eigenvalue weighted by Crippen LogP contribution is 2.26. The Kier molecular flexibility index (Phi) is 7.14. The molecule has 0 aliphatic carbocycles. The van der Waals surface area contributed by atoms with Gasteiger partial charge in [-0.1, -0.05) is 23.9 Å². The molecular formula is C24H27N3O2S2. The Bertz CT molecular complexity index is 1000. The molecule has 4 rings (SSSR count). The van der Waals surface area contributed by atoms with E-state index in [0.29, 0.717) is 0 Å². The number of methoxy groups -OCH3 is 1. The number of aromatic nitrogens is 1. The summed E-state index contributed by atoms with van der Waals surface area (Å²) in [6.07, 6.45) is 0.958. The molecule has 1 aliphatic heterocycles. The molecule has 1 aromatic heterocycles. The van der Waals surface area contributed by atoms with Crippen LogP contribution >= 0.6 is 23.1 Å². The first-order chi connectivity index (χ1) is 15.1. The summed E-state index contributed by atoms with van der Waals surface area (Å²) in [6, 6.07) is 16.2. The fourth-order valence-electron chi connectivity index (χ4n) is 3.64. The molecule has 0 radical (unpaired) electrons. The summed E-state index contributed by atoms with van der Waals surface area (Å²) in [5, 5.41) is 2.07. The number of nitrogens with zero attached hydrogens (tertiary/aromatic N) is 3. The lowest BCUT2D eigenvalue weighted by molar-refractivity contribution is 0.0767. The highest BCUT2D eigenvalue weighted by atomic mass is 32.2. The second kappa shape index (κ2) is 10.2. The Balaban J connectivity index is 1.33. The molecule has 0 spiro atoms. The summed E-state index contributed by atoms with van der Waals surface area (Å²) in [4.78, 5) is 21.9. The third-order valence-electron chi connectivity index (χ3n) is 5.38. The molecule has 0 atom stereocenters. The van der Waals surface area contributed by atoms with E-state index in [-0.39, 0.29) is 5.91 Å². The number of amides is 1. The number of carbonyl (C=O) groups is 1. The zero-order valence-electron chi connectivity index (χ0n) is 17.9. The maximum absolute atomic E-state index is 13.0. The maximum atomic E-state index is 13.0. The molecule has 7 heteroatoms. The van der Waals surface area contributed by atoms with Crippen molar-refractivity contribution in [3.8, 4) is 5.75 Å². The van der Waals surface area contributed by atoms with Crippen molar-refractivity contribution in [1.29, 1.82) is 0 Å². The number of hydrogen-bond donors (Lipinski definition) is 0. The van der Waals surface area contributed by atoms with Gasteiger partial charge < -0.3 is 14.5 Å². The number of hydrogen-bond acceptors (Lipinski definition) is 6. The summed E-state index contributed by atoms with van der Waals surface area (Å²) < 4.78 is 6.34. The minimum atomic E-state index is 0.117. The molecule has 0 saturated carbocycles. The average Bonchev–Trinajstić information content (AvgIpc) is 3.07. The monoisotopic (exact) mass is 453 g/mol. The van der Waals surface area contributed by atoms with Crippen LogP contribution in [0.3, 0.4) is 0 Å². The van der Waals surface area contributed by atoms with Gasteiger partial charge in [0.15, 0.2) is 0 Å². The minimum Gasteiger partial charge on any atom is -0.497 e. The van der Waals surface area contributed by atoms with Gasteiger partial charge >= 0.3 is 0 Å². The Morgan fingerprint density at radius 1 is 1.06 bits per heavy atom. The molecule has 0 bridgehead atoms. The van der Waals surface area contributed by atoms with Crippen LogP contribution in [0, 0.1) is 6.92 Å². The minimum absolute atomic E-state index is 0.117. The van der Waals surface area contributed by atoms with Crippen LogP contribution in [0.15, 0.2) is 58.3 Å². The summed E-state index contributed by atoms with van der Waals surface area (Å²) in [6.45, 7) is 5.31. The van der Waals surface area contributed by atoms with E-state index in [1.165, 1.54) is 11.3 Å². The summed E-state index contributed by atoms with van der Waals surface area (Å²) >= 11 is 3.42. The number of thiazole rings is 1. The predicted octanol–water partition coefficient (Wildman–Crippen LogP) is 5.10. The van der Waals surface area contributed by atoms with Gasteiger partial charge in [-0.3, -0.25) is 4.79 Å². The molecule has 2 aromatic carbocycles. The Hall–Kier alpha value is -2.51. The first-order valence-corrected chi connectivity index (χ1v) is 12.3. The normalized spacial score (nSPS) is 14.4. The molecule has 1 fully saturated rings. The quantitative estimate of drug-likeness (QED) is 0.486. The Labute approximate surface area is 192 Å². The van der Waals surface area contributed by atoms with Crippen LogP contribution in [0.4, 0.5) is 5.69 Å². The van der Waals surface area contributed by atoms with Crippen molar-refractivity contribution >= 4 is 34.7 Å². The zero-order chi connectivity index (χ0) is 21.6. The maximum Gasteiger partial charge on any atom is 0.253 e. The van der Waals surface area contributed by atoms with Crippen LogP contribution in [0.5, 0.6) is 5.75 Å². The number of rotatable bonds is 6. The van der Waals surface area contributed by atoms with Gasteiger partial charge in [-0.2, -0.15) is 0 Å². The van der Waals surface area contributed by atoms with E-state index in [0.717, 1.165) is 59.7 Å². The van der Waals surface area contributed by atoms with Crippen LogP contribution in [-0.2, 0) is 5.75 Å². The molecule has 1 amide bonds. The van der Waals surface area contributed by atoms with Crippen molar-refractivity contribution in [3.63, 3.8) is 0 Å². The van der Waals surface area contributed by atoms with Gasteiger partial charge in [0.1, 0.15) is 10.1 Å². The van der Waals surface area contributed by atoms with E-state index < -0.39 is 0 Å². The second-order valence-electron chi connectivity index (χ2n) is 7.57. The number of ether oxygens (including phenoxy) is 1. The first kappa shape index (κ1) is 21.7. The summed E-state index contributed by atoms with van der Waals surface area (Å²) in [5.41, 5.74) is 4.21. The van der Waals surface area contributed by atoms with Gasteiger partial charge in [0.05, 0.1) is 7.11 Å². The molecule has 31 heavy (non-hydrogen) atoms. The highest BCUT2D eigenvalue weighted by Gasteiger charge is 2.20. The predicted molar refractivity (Wildman–Crippen MR) is 129 cm³/mol. The van der Waals surface area contributed by atoms with E-state index in [9.17, 15) is 4.79 Å². The molecule has 2 heterocycles. The number of aryl methyl sites for hydroxylation is 1. The van der Waals surface area contributed by atoms with E-state index in [4.69, 9.17) is 4.74 Å². The largest absolute Gasteiger partial charge is 0.497 e. The lowest BCUT2D eigenvalue weighted by Gasteiger charge is -2.24. The number of carbonyl (C=O) groups excluding carboxylic acids is 1. The summed E-state index contributed by atoms with van der Waals surface area (Å²) in [7, 11) is 1.68. The Morgan fingerprint density at radius 2 is 1.84 bits per heavy atom. The van der Waals surface area contributed by atoms with Crippen molar-refractivity contribution < 1.29 is 9.53 Å². The SMILES string of the molecule is COc1ccc(N2CCCN(C(=O)c3ccc(CSc4nc(C)cs4)cc3)CC2)cc1. The molecule has 3 aromatic rings. The van der Waals surface area contributed by atoms with E-state index in [1.807, 2.05) is 36.1 Å². The third-order valence-corrected chi connectivity index (χ3v) is 7.59. The number of benzene rings is 2. The van der Waals surface area contributed by atoms with Crippen molar-refractivity contribution in [2.45, 2.75) is 23.4 Å². The fourth-order valence-corrected chi connectivity index (χ4v) is 5.45. The van der Waals surface area contributed by atoms with E-state index in [2.05, 4.69) is 39.5 Å². The number of thioether (sulfide) groups is 1. The highest BCUT2D eigenvalue weighted by molar-refractivity contribution is 8.00. The van der Waals surface area contributed by atoms with Gasteiger partial charge in [-0.25, -0.2) is 4.98 Å². The lowest BCUT2D eigenvalue weighted by Crippen LogP contribution is -2.35. The molecule has 1 saturated heterocycles. The van der Waals surface area contributed by atoms with Crippen molar-refractivity contribution in [2.24, 2.45) is 0 Å². The molecule has 5 nitrogen and oxygen atoms in total. The smallest absolute Gasteiger partial charge is 0.253 e. The van der Waals surface area contributed by atoms with Crippen molar-refractivity contribution in [2.75, 3.05) is 38.2 Å². The molecule has 0 unspecified atom stereocenters. The van der Waals surface area contributed by atoms with Gasteiger partial charge in [-0.05, 0) is 55.3 Å². The molecule has 0 N–H and O–H groups in total. The van der Waals surface area contributed by atoms with Gasteiger partial charge in [-0.15, -0.1) is 11.3 Å². The third kappa shape index (κ3) is 5.60. The van der Waals surface area contributed by atoms with Crippen LogP contribution in [0.2, 0.25) is 0 Å². The van der Waals surface area contributed by atoms with Gasteiger partial charge in [0.2, 0.25) is 0 Å². The van der Waals surface area contributed by atoms with Gasteiger partial charge in [0.25, 0.3) is 5.91 Å². The van der Waals surface area contributed by atoms with E-state index in [1.54, 1.807) is 30.2 Å². The molecular weight excluding hydrogens is 426 g/mol. The van der Waals surface area contributed by atoms with Crippen LogP contribution in [0.1, 0.15) is 28.0 Å². The van der Waals surface area contributed by atoms with Crippen LogP contribution in [0.25, 0.3) is 0 Å². The van der Waals surface area contributed by atoms with Crippen LogP contribution < -0.4 is 9.64 Å². The topological polar surface area (TPSA) is 45.7 Å². The average molecular weight is 454 g/mol. The first-order valence-electron chi connectivity index (χ1n) is 10.4. The molecule has 162 valence electrons. The number of anilines is 1. The molecule has 1 aliphatic rings.